The summed E-state index contributed by atoms with van der Waals surface area (Å²) in [5.41, 5.74) is 2.60. The number of nitrogens with zero attached hydrogens (tertiary/aromatic N) is 2. The molecule has 0 unspecified atom stereocenters. The molecule has 25 heavy (non-hydrogen) atoms. The maximum Gasteiger partial charge on any atom is 0.227 e. The molecule has 1 aromatic carbocycles. The van der Waals surface area contributed by atoms with Crippen molar-refractivity contribution in [2.24, 2.45) is 11.8 Å². The van der Waals surface area contributed by atoms with E-state index in [-0.39, 0.29) is 23.7 Å². The molecule has 4 rings (SSSR count). The molecule has 1 aliphatic carbocycles. The molecular formula is C21H28N2O2. The van der Waals surface area contributed by atoms with Crippen LogP contribution >= 0.6 is 0 Å². The Bertz CT molecular complexity index is 666. The highest BCUT2D eigenvalue weighted by Gasteiger charge is 2.47. The highest BCUT2D eigenvalue weighted by Crippen LogP contribution is 2.49. The Labute approximate surface area is 150 Å². The number of benzene rings is 1. The van der Waals surface area contributed by atoms with E-state index in [0.717, 1.165) is 51.7 Å². The fraction of sp³-hybridized carbons (Fsp3) is 0.619. The number of rotatable bonds is 3. The summed E-state index contributed by atoms with van der Waals surface area (Å²) in [5, 5.41) is 0. The molecule has 134 valence electrons. The highest BCUT2D eigenvalue weighted by molar-refractivity contribution is 5.85. The Balaban J connectivity index is 1.38. The van der Waals surface area contributed by atoms with E-state index in [9.17, 15) is 9.59 Å². The van der Waals surface area contributed by atoms with E-state index in [2.05, 4.69) is 31.2 Å². The Morgan fingerprint density at radius 2 is 1.68 bits per heavy atom. The van der Waals surface area contributed by atoms with Crippen molar-refractivity contribution in [3.05, 3.63) is 35.4 Å². The van der Waals surface area contributed by atoms with E-state index in [0.29, 0.717) is 12.5 Å². The first-order valence-corrected chi connectivity index (χ1v) is 9.78. The molecule has 0 radical (unpaired) electrons. The minimum absolute atomic E-state index is 0.0199. The number of hydrogen-bond acceptors (Lipinski definition) is 2. The summed E-state index contributed by atoms with van der Waals surface area (Å²) in [4.78, 5) is 29.6. The third-order valence-corrected chi connectivity index (χ3v) is 6.20. The van der Waals surface area contributed by atoms with Gasteiger partial charge in [-0.1, -0.05) is 24.3 Å². The van der Waals surface area contributed by atoms with Gasteiger partial charge in [-0.25, -0.2) is 0 Å². The average Bonchev–Trinajstić information content (AvgIpc) is 3.24. The lowest BCUT2D eigenvalue weighted by Gasteiger charge is -2.34. The van der Waals surface area contributed by atoms with Gasteiger partial charge in [0.15, 0.2) is 0 Å². The van der Waals surface area contributed by atoms with Gasteiger partial charge in [0.2, 0.25) is 11.8 Å². The van der Waals surface area contributed by atoms with Gasteiger partial charge in [0.1, 0.15) is 0 Å². The number of hydrogen-bond donors (Lipinski definition) is 0. The first kappa shape index (κ1) is 16.6. The maximum absolute atomic E-state index is 12.9. The smallest absolute Gasteiger partial charge is 0.227 e. The summed E-state index contributed by atoms with van der Waals surface area (Å²) < 4.78 is 0. The van der Waals surface area contributed by atoms with E-state index >= 15 is 0 Å². The minimum atomic E-state index is 0.0199. The quantitative estimate of drug-likeness (QED) is 0.849. The lowest BCUT2D eigenvalue weighted by Crippen LogP contribution is -2.46. The van der Waals surface area contributed by atoms with Crippen molar-refractivity contribution < 1.29 is 9.59 Å². The normalized spacial score (nSPS) is 28.9. The van der Waals surface area contributed by atoms with Crippen molar-refractivity contribution >= 4 is 11.8 Å². The van der Waals surface area contributed by atoms with Crippen LogP contribution in [0.4, 0.5) is 0 Å². The molecule has 3 fully saturated rings. The lowest BCUT2D eigenvalue weighted by molar-refractivity contribution is -0.140. The van der Waals surface area contributed by atoms with E-state index in [1.165, 1.54) is 11.1 Å². The number of carbonyl (C=O) groups is 2. The largest absolute Gasteiger partial charge is 0.342 e. The average molecular weight is 340 g/mol. The summed E-state index contributed by atoms with van der Waals surface area (Å²) in [6.45, 7) is 5.38. The first-order chi connectivity index (χ1) is 12.1. The molecular weight excluding hydrogens is 312 g/mol. The van der Waals surface area contributed by atoms with E-state index in [4.69, 9.17) is 0 Å². The summed E-state index contributed by atoms with van der Waals surface area (Å²) in [5.74, 6) is 1.07. The highest BCUT2D eigenvalue weighted by atomic mass is 16.2. The van der Waals surface area contributed by atoms with Gasteiger partial charge in [0.25, 0.3) is 0 Å². The van der Waals surface area contributed by atoms with Gasteiger partial charge in [0.05, 0.1) is 5.92 Å². The van der Waals surface area contributed by atoms with E-state index in [1.807, 2.05) is 9.80 Å². The van der Waals surface area contributed by atoms with Crippen molar-refractivity contribution in [1.82, 2.24) is 9.80 Å². The Kier molecular flexibility index (Phi) is 4.53. The van der Waals surface area contributed by atoms with Crippen LogP contribution in [0.3, 0.4) is 0 Å². The molecule has 2 aliphatic heterocycles. The van der Waals surface area contributed by atoms with Crippen molar-refractivity contribution in [2.75, 3.05) is 26.2 Å². The SMILES string of the molecule is Cc1ccccc1[C@@H]1C[C@@H]1C(=O)N1CCC[C@H](C(=O)N2CCCC2)C1. The van der Waals surface area contributed by atoms with Gasteiger partial charge in [-0.3, -0.25) is 9.59 Å². The molecule has 0 aromatic heterocycles. The van der Waals surface area contributed by atoms with Crippen molar-refractivity contribution in [3.63, 3.8) is 0 Å². The molecule has 2 heterocycles. The molecule has 0 N–H and O–H groups in total. The molecule has 0 spiro atoms. The van der Waals surface area contributed by atoms with Crippen LogP contribution in [-0.4, -0.2) is 47.8 Å². The van der Waals surface area contributed by atoms with Gasteiger partial charge in [-0.2, -0.15) is 0 Å². The molecule has 3 atom stereocenters. The van der Waals surface area contributed by atoms with Crippen LogP contribution in [0, 0.1) is 18.8 Å². The Hall–Kier alpha value is -1.84. The molecule has 4 heteroatoms. The second-order valence-electron chi connectivity index (χ2n) is 7.96. The van der Waals surface area contributed by atoms with Crippen molar-refractivity contribution in [1.29, 1.82) is 0 Å². The molecule has 1 saturated carbocycles. The predicted octanol–water partition coefficient (Wildman–Crippen LogP) is 2.96. The molecule has 3 aliphatic rings. The van der Waals surface area contributed by atoms with Crippen LogP contribution in [0.25, 0.3) is 0 Å². The second kappa shape index (κ2) is 6.81. The monoisotopic (exact) mass is 340 g/mol. The summed E-state index contributed by atoms with van der Waals surface area (Å²) in [6.07, 6.45) is 5.11. The van der Waals surface area contributed by atoms with Gasteiger partial charge in [-0.15, -0.1) is 0 Å². The Morgan fingerprint density at radius 3 is 2.44 bits per heavy atom. The molecule has 1 aromatic rings. The van der Waals surface area contributed by atoms with Gasteiger partial charge in [-0.05, 0) is 56.1 Å². The third kappa shape index (κ3) is 3.31. The third-order valence-electron chi connectivity index (χ3n) is 6.20. The number of carbonyl (C=O) groups excluding carboxylic acids is 2. The maximum atomic E-state index is 12.9. The zero-order valence-corrected chi connectivity index (χ0v) is 15.1. The number of amides is 2. The fourth-order valence-electron chi connectivity index (χ4n) is 4.62. The van der Waals surface area contributed by atoms with Crippen molar-refractivity contribution in [2.45, 2.75) is 44.9 Å². The van der Waals surface area contributed by atoms with Gasteiger partial charge in [0, 0.05) is 32.1 Å². The molecule has 4 nitrogen and oxygen atoms in total. The number of aryl methyl sites for hydroxylation is 1. The van der Waals surface area contributed by atoms with E-state index in [1.54, 1.807) is 0 Å². The van der Waals surface area contributed by atoms with Gasteiger partial charge >= 0.3 is 0 Å². The zero-order chi connectivity index (χ0) is 17.4. The van der Waals surface area contributed by atoms with Crippen LogP contribution < -0.4 is 0 Å². The minimum Gasteiger partial charge on any atom is -0.342 e. The first-order valence-electron chi connectivity index (χ1n) is 9.78. The summed E-state index contributed by atoms with van der Waals surface area (Å²) in [6, 6.07) is 8.40. The van der Waals surface area contributed by atoms with Gasteiger partial charge < -0.3 is 9.80 Å². The Morgan fingerprint density at radius 1 is 0.960 bits per heavy atom. The van der Waals surface area contributed by atoms with Crippen LogP contribution in [-0.2, 0) is 9.59 Å². The summed E-state index contributed by atoms with van der Waals surface area (Å²) in [7, 11) is 0. The van der Waals surface area contributed by atoms with E-state index < -0.39 is 0 Å². The zero-order valence-electron chi connectivity index (χ0n) is 15.1. The lowest BCUT2D eigenvalue weighted by atomic mass is 9.95. The number of piperidine rings is 1. The molecule has 2 amide bonds. The molecule has 2 saturated heterocycles. The second-order valence-corrected chi connectivity index (χ2v) is 7.96. The summed E-state index contributed by atoms with van der Waals surface area (Å²) >= 11 is 0. The fourth-order valence-corrected chi connectivity index (χ4v) is 4.62. The number of likely N-dealkylation sites (tertiary alicyclic amines) is 2. The van der Waals surface area contributed by atoms with Crippen molar-refractivity contribution in [3.8, 4) is 0 Å². The molecule has 0 bridgehead atoms. The van der Waals surface area contributed by atoms with Crippen LogP contribution in [0.5, 0.6) is 0 Å². The van der Waals surface area contributed by atoms with Crippen LogP contribution in [0.15, 0.2) is 24.3 Å². The van der Waals surface area contributed by atoms with Crippen LogP contribution in [0.2, 0.25) is 0 Å². The van der Waals surface area contributed by atoms with Crippen LogP contribution in [0.1, 0.15) is 49.1 Å². The topological polar surface area (TPSA) is 40.6 Å². The predicted molar refractivity (Wildman–Crippen MR) is 97.1 cm³/mol. The standard InChI is InChI=1S/C21H28N2O2/c1-15-7-2-3-9-17(15)18-13-19(18)21(25)23-12-6-8-16(14-23)20(24)22-10-4-5-11-22/h2-3,7,9,16,18-19H,4-6,8,10-14H2,1H3/t16-,18-,19-/m0/s1.